The summed E-state index contributed by atoms with van der Waals surface area (Å²) in [5.74, 6) is 0. The Morgan fingerprint density at radius 3 is 2.05 bits per heavy atom. The minimum Gasteiger partial charge on any atom is -0.390 e. The molecule has 4 heteroatoms. The van der Waals surface area contributed by atoms with E-state index in [1.165, 1.54) is 32.8 Å². The fourth-order valence-electron chi connectivity index (χ4n) is 6.10. The van der Waals surface area contributed by atoms with Gasteiger partial charge in [-0.3, -0.25) is 4.90 Å². The molecule has 3 unspecified atom stereocenters. The number of hydrogen-bond acceptors (Lipinski definition) is 3. The van der Waals surface area contributed by atoms with Crippen molar-refractivity contribution in [2.24, 2.45) is 0 Å². The van der Waals surface area contributed by atoms with Crippen molar-refractivity contribution in [3.05, 3.63) is 97.1 Å². The highest BCUT2D eigenvalue weighted by Crippen LogP contribution is 2.43. The number of ether oxygens (including phenoxy) is 1. The number of aliphatic hydroxyl groups excluding tert-OH is 1. The molecule has 1 N–H and O–H groups in total. The van der Waals surface area contributed by atoms with Crippen LogP contribution in [-0.4, -0.2) is 52.5 Å². The van der Waals surface area contributed by atoms with Crippen molar-refractivity contribution < 1.29 is 9.84 Å². The highest BCUT2D eigenvalue weighted by atomic mass is 16.5. The lowest BCUT2D eigenvalue weighted by Gasteiger charge is -2.36. The maximum atomic E-state index is 11.5. The van der Waals surface area contributed by atoms with E-state index < -0.39 is 6.10 Å². The quantitative estimate of drug-likeness (QED) is 0.291. The predicted molar refractivity (Wildman–Crippen MR) is 153 cm³/mol. The van der Waals surface area contributed by atoms with E-state index in [4.69, 9.17) is 4.74 Å². The number of rotatable bonds is 6. The fraction of sp³-hybridized carbons (Fsp3) is 0.273. The average molecular weight is 491 g/mol. The van der Waals surface area contributed by atoms with Crippen molar-refractivity contribution in [3.63, 3.8) is 0 Å². The molecule has 1 aliphatic heterocycles. The average Bonchev–Trinajstić information content (AvgIpc) is 3.23. The Labute approximate surface area is 218 Å². The van der Waals surface area contributed by atoms with Gasteiger partial charge in [-0.25, -0.2) is 0 Å². The van der Waals surface area contributed by atoms with Crippen molar-refractivity contribution in [2.45, 2.75) is 38.7 Å². The number of benzene rings is 4. The third-order valence-electron chi connectivity index (χ3n) is 7.41. The molecule has 6 rings (SSSR count). The van der Waals surface area contributed by atoms with Crippen LogP contribution in [0.3, 0.4) is 0 Å². The summed E-state index contributed by atoms with van der Waals surface area (Å²) < 4.78 is 8.29. The van der Waals surface area contributed by atoms with Gasteiger partial charge in [-0.1, -0.05) is 97.1 Å². The molecule has 0 radical (unpaired) electrons. The molecule has 0 aliphatic carbocycles. The molecule has 0 spiro atoms. The summed E-state index contributed by atoms with van der Waals surface area (Å²) >= 11 is 0. The van der Waals surface area contributed by atoms with E-state index in [0.717, 1.165) is 24.3 Å². The van der Waals surface area contributed by atoms with Gasteiger partial charge in [0.1, 0.15) is 0 Å². The van der Waals surface area contributed by atoms with Crippen molar-refractivity contribution in [1.29, 1.82) is 0 Å². The molecule has 4 aromatic carbocycles. The summed E-state index contributed by atoms with van der Waals surface area (Å²) in [6.45, 7) is 7.05. The topological polar surface area (TPSA) is 37.6 Å². The zero-order valence-electron chi connectivity index (χ0n) is 21.5. The SMILES string of the molecule is CC1CN(CC(O)Cn2c(-c3ccccc3)c(-c3ccccc3)c3ccc4ccccc4c32)CC(C)O1. The van der Waals surface area contributed by atoms with E-state index in [2.05, 4.69) is 120 Å². The molecule has 0 bridgehead atoms. The Balaban J connectivity index is 1.55. The second kappa shape index (κ2) is 10.1. The zero-order chi connectivity index (χ0) is 25.4. The molecule has 37 heavy (non-hydrogen) atoms. The summed E-state index contributed by atoms with van der Waals surface area (Å²) in [6.07, 6.45) is -0.160. The van der Waals surface area contributed by atoms with Gasteiger partial charge in [0.2, 0.25) is 0 Å². The van der Waals surface area contributed by atoms with Crippen molar-refractivity contribution in [3.8, 4) is 22.4 Å². The Hall–Kier alpha value is -3.44. The molecule has 0 amide bonds. The molecule has 2 heterocycles. The van der Waals surface area contributed by atoms with Crippen LogP contribution in [0.25, 0.3) is 44.1 Å². The zero-order valence-corrected chi connectivity index (χ0v) is 21.5. The number of hydrogen-bond donors (Lipinski definition) is 1. The highest BCUT2D eigenvalue weighted by molar-refractivity contribution is 6.15. The molecule has 1 fully saturated rings. The Kier molecular flexibility index (Phi) is 6.56. The molecule has 1 aliphatic rings. The van der Waals surface area contributed by atoms with Gasteiger partial charge in [-0.05, 0) is 30.4 Å². The van der Waals surface area contributed by atoms with Gasteiger partial charge in [-0.15, -0.1) is 0 Å². The summed E-state index contributed by atoms with van der Waals surface area (Å²) in [5, 5.41) is 15.1. The Morgan fingerprint density at radius 1 is 0.730 bits per heavy atom. The normalized spacial score (nSPS) is 19.4. The highest BCUT2D eigenvalue weighted by Gasteiger charge is 2.26. The molecule has 3 atom stereocenters. The standard InChI is InChI=1S/C33H34N2O2/c1-23-19-34(20-24(2)37-23)21-28(36)22-35-32(27-14-7-4-8-15-27)31(26-12-5-3-6-13-26)30-18-17-25-11-9-10-16-29(25)33(30)35/h3-18,23-24,28,36H,19-22H2,1-2H3. The minimum atomic E-state index is -0.516. The third kappa shape index (κ3) is 4.69. The number of aliphatic hydroxyl groups is 1. The van der Waals surface area contributed by atoms with Crippen LogP contribution < -0.4 is 0 Å². The largest absolute Gasteiger partial charge is 0.390 e. The lowest BCUT2D eigenvalue weighted by molar-refractivity contribution is -0.0771. The van der Waals surface area contributed by atoms with E-state index in [0.29, 0.717) is 13.1 Å². The third-order valence-corrected chi connectivity index (χ3v) is 7.41. The van der Waals surface area contributed by atoms with Crippen LogP contribution in [0.4, 0.5) is 0 Å². The second-order valence-electron chi connectivity index (χ2n) is 10.4. The lowest BCUT2D eigenvalue weighted by atomic mass is 9.97. The van der Waals surface area contributed by atoms with Gasteiger partial charge in [0.05, 0.1) is 36.1 Å². The summed E-state index contributed by atoms with van der Waals surface area (Å²) in [4.78, 5) is 2.34. The van der Waals surface area contributed by atoms with Gasteiger partial charge < -0.3 is 14.4 Å². The van der Waals surface area contributed by atoms with Gasteiger partial charge >= 0.3 is 0 Å². The van der Waals surface area contributed by atoms with Gasteiger partial charge in [0, 0.05) is 36.0 Å². The first-order valence-corrected chi connectivity index (χ1v) is 13.3. The van der Waals surface area contributed by atoms with Crippen LogP contribution in [0, 0.1) is 0 Å². The first-order chi connectivity index (χ1) is 18.1. The molecule has 0 saturated carbocycles. The number of fused-ring (bicyclic) bond motifs is 3. The van der Waals surface area contributed by atoms with E-state index in [9.17, 15) is 5.11 Å². The molecule has 5 aromatic rings. The van der Waals surface area contributed by atoms with E-state index >= 15 is 0 Å². The van der Waals surface area contributed by atoms with Crippen LogP contribution in [0.5, 0.6) is 0 Å². The molecule has 1 aromatic heterocycles. The summed E-state index contributed by atoms with van der Waals surface area (Å²) in [7, 11) is 0. The summed E-state index contributed by atoms with van der Waals surface area (Å²) in [6, 6.07) is 34.3. The number of nitrogens with zero attached hydrogens (tertiary/aromatic N) is 2. The number of morpholine rings is 1. The lowest BCUT2D eigenvalue weighted by Crippen LogP contribution is -2.48. The number of aromatic nitrogens is 1. The van der Waals surface area contributed by atoms with E-state index in [-0.39, 0.29) is 12.2 Å². The Morgan fingerprint density at radius 2 is 1.35 bits per heavy atom. The maximum Gasteiger partial charge on any atom is 0.0846 e. The molecular formula is C33H34N2O2. The Bertz CT molecular complexity index is 1500. The number of β-amino-alcohol motifs (C(OH)–C–C–N with tert-alkyl or cyclic N) is 1. The van der Waals surface area contributed by atoms with Gasteiger partial charge in [-0.2, -0.15) is 0 Å². The van der Waals surface area contributed by atoms with Crippen molar-refractivity contribution in [1.82, 2.24) is 9.47 Å². The smallest absolute Gasteiger partial charge is 0.0846 e. The van der Waals surface area contributed by atoms with Gasteiger partial charge in [0.25, 0.3) is 0 Å². The first kappa shape index (κ1) is 23.9. The van der Waals surface area contributed by atoms with Crippen molar-refractivity contribution in [2.75, 3.05) is 19.6 Å². The van der Waals surface area contributed by atoms with Crippen LogP contribution >= 0.6 is 0 Å². The minimum absolute atomic E-state index is 0.178. The van der Waals surface area contributed by atoms with Crippen LogP contribution in [-0.2, 0) is 11.3 Å². The van der Waals surface area contributed by atoms with Crippen LogP contribution in [0.2, 0.25) is 0 Å². The van der Waals surface area contributed by atoms with Crippen molar-refractivity contribution >= 4 is 21.7 Å². The van der Waals surface area contributed by atoms with Gasteiger partial charge in [0.15, 0.2) is 0 Å². The summed E-state index contributed by atoms with van der Waals surface area (Å²) in [5.41, 5.74) is 5.89. The maximum absolute atomic E-state index is 11.5. The molecule has 1 saturated heterocycles. The van der Waals surface area contributed by atoms with E-state index in [1.807, 2.05) is 0 Å². The fourth-order valence-corrected chi connectivity index (χ4v) is 6.10. The second-order valence-corrected chi connectivity index (χ2v) is 10.4. The predicted octanol–water partition coefficient (Wildman–Crippen LogP) is 6.60. The van der Waals surface area contributed by atoms with Crippen LogP contribution in [0.15, 0.2) is 97.1 Å². The van der Waals surface area contributed by atoms with Crippen LogP contribution in [0.1, 0.15) is 13.8 Å². The molecular weight excluding hydrogens is 456 g/mol. The van der Waals surface area contributed by atoms with E-state index in [1.54, 1.807) is 0 Å². The monoisotopic (exact) mass is 490 g/mol. The molecule has 188 valence electrons. The molecule has 4 nitrogen and oxygen atoms in total. The first-order valence-electron chi connectivity index (χ1n) is 13.3.